The van der Waals surface area contributed by atoms with Crippen LogP contribution >= 0.6 is 0 Å². The summed E-state index contributed by atoms with van der Waals surface area (Å²) in [6, 6.07) is 0. The lowest BCUT2D eigenvalue weighted by Gasteiger charge is -2.13. The fraction of sp³-hybridized carbons (Fsp3) is 0.538. The zero-order valence-electron chi connectivity index (χ0n) is 11.9. The zero-order valence-corrected chi connectivity index (χ0v) is 11.9. The van der Waals surface area contributed by atoms with Crippen molar-refractivity contribution in [2.24, 2.45) is 5.73 Å². The van der Waals surface area contributed by atoms with Gasteiger partial charge in [0.15, 0.2) is 0 Å². The van der Waals surface area contributed by atoms with Crippen LogP contribution in [0, 0.1) is 0 Å². The van der Waals surface area contributed by atoms with E-state index in [1.165, 1.54) is 0 Å². The number of aliphatic carboxylic acids is 1. The van der Waals surface area contributed by atoms with E-state index in [0.29, 0.717) is 12.1 Å². The maximum atomic E-state index is 10.5. The summed E-state index contributed by atoms with van der Waals surface area (Å²) in [5.74, 6) is -1.27. The minimum absolute atomic E-state index is 0.270. The van der Waals surface area contributed by atoms with Crippen LogP contribution in [0.4, 0.5) is 0 Å². The van der Waals surface area contributed by atoms with Crippen LogP contribution < -0.4 is 5.73 Å². The summed E-state index contributed by atoms with van der Waals surface area (Å²) in [7, 11) is 0. The van der Waals surface area contributed by atoms with E-state index in [0.717, 1.165) is 19.2 Å². The van der Waals surface area contributed by atoms with E-state index in [-0.39, 0.29) is 12.6 Å². The summed E-state index contributed by atoms with van der Waals surface area (Å²) < 4.78 is 4.59. The summed E-state index contributed by atoms with van der Waals surface area (Å²) in [6.07, 6.45) is 2.73. The van der Waals surface area contributed by atoms with Gasteiger partial charge in [0, 0.05) is 37.5 Å². The molecule has 0 rings (SSSR count). The molecule has 6 nitrogen and oxygen atoms in total. The Hall–Kier alpha value is -1.82. The van der Waals surface area contributed by atoms with Gasteiger partial charge in [-0.25, -0.2) is 9.59 Å². The van der Waals surface area contributed by atoms with Gasteiger partial charge >= 0.3 is 11.9 Å². The van der Waals surface area contributed by atoms with Gasteiger partial charge in [-0.1, -0.05) is 6.58 Å². The van der Waals surface area contributed by atoms with Crippen LogP contribution in [0.1, 0.15) is 20.8 Å². The van der Waals surface area contributed by atoms with E-state index in [9.17, 15) is 9.59 Å². The van der Waals surface area contributed by atoms with Crippen LogP contribution in [-0.4, -0.2) is 48.2 Å². The molecule has 0 bridgehead atoms. The van der Waals surface area contributed by atoms with E-state index in [1.54, 1.807) is 13.1 Å². The molecule has 0 aliphatic rings. The van der Waals surface area contributed by atoms with Crippen molar-refractivity contribution in [2.75, 3.05) is 26.2 Å². The lowest BCUT2D eigenvalue weighted by atomic mass is 10.4. The van der Waals surface area contributed by atoms with Gasteiger partial charge in [-0.15, -0.1) is 0 Å². The molecule has 0 aromatic carbocycles. The molecule has 0 aliphatic carbocycles. The van der Waals surface area contributed by atoms with Gasteiger partial charge in [0.25, 0.3) is 0 Å². The molecule has 0 saturated heterocycles. The summed E-state index contributed by atoms with van der Waals surface area (Å²) in [4.78, 5) is 22.5. The Morgan fingerprint density at radius 1 is 1.37 bits per heavy atom. The molecule has 0 saturated carbocycles. The summed E-state index contributed by atoms with van der Waals surface area (Å²) in [5, 5.41) is 8.24. The molecular weight excluding hydrogens is 248 g/mol. The van der Waals surface area contributed by atoms with Crippen molar-refractivity contribution < 1.29 is 19.4 Å². The number of ether oxygens (including phenoxy) is 1. The number of carbonyl (C=O) groups excluding carboxylic acids is 1. The number of nitrogens with zero attached hydrogens (tertiary/aromatic N) is 1. The Kier molecular flexibility index (Phi) is 13.0. The quantitative estimate of drug-likeness (QED) is 0.530. The molecule has 110 valence electrons. The second-order valence-corrected chi connectivity index (χ2v) is 3.58. The highest BCUT2D eigenvalue weighted by molar-refractivity contribution is 5.86. The molecule has 3 N–H and O–H groups in total. The third-order valence-corrected chi connectivity index (χ3v) is 1.94. The first kappa shape index (κ1) is 19.5. The lowest BCUT2D eigenvalue weighted by molar-refractivity contribution is -0.138. The lowest BCUT2D eigenvalue weighted by Crippen LogP contribution is -2.15. The van der Waals surface area contributed by atoms with Gasteiger partial charge in [0.1, 0.15) is 6.61 Å². The molecule has 0 aliphatic heterocycles. The molecule has 0 radical (unpaired) electrons. The van der Waals surface area contributed by atoms with E-state index in [2.05, 4.69) is 11.3 Å². The number of rotatable bonds is 7. The molecule has 0 aromatic rings. The van der Waals surface area contributed by atoms with Crippen molar-refractivity contribution in [1.29, 1.82) is 0 Å². The first-order valence-electron chi connectivity index (χ1n) is 6.06. The summed E-state index contributed by atoms with van der Waals surface area (Å²) >= 11 is 0. The van der Waals surface area contributed by atoms with Crippen LogP contribution in [-0.2, 0) is 14.3 Å². The molecule has 19 heavy (non-hydrogen) atoms. The number of esters is 1. The number of nitrogens with two attached hydrogens (primary N) is 1. The second kappa shape index (κ2) is 12.6. The molecular formula is C13H24N2O4. The fourth-order valence-electron chi connectivity index (χ4n) is 0.878. The Balaban J connectivity index is 0. The van der Waals surface area contributed by atoms with Crippen molar-refractivity contribution in [3.63, 3.8) is 0 Å². The van der Waals surface area contributed by atoms with E-state index >= 15 is 0 Å². The van der Waals surface area contributed by atoms with Gasteiger partial charge in [0.2, 0.25) is 0 Å². The van der Waals surface area contributed by atoms with Gasteiger partial charge in [-0.2, -0.15) is 0 Å². The van der Waals surface area contributed by atoms with Crippen molar-refractivity contribution in [3.05, 3.63) is 24.4 Å². The van der Waals surface area contributed by atoms with E-state index in [4.69, 9.17) is 10.8 Å². The van der Waals surface area contributed by atoms with Gasteiger partial charge < -0.3 is 20.5 Å². The molecule has 0 fully saturated rings. The molecule has 6 heteroatoms. The predicted octanol–water partition coefficient (Wildman–Crippen LogP) is 0.991. The molecule has 0 heterocycles. The van der Waals surface area contributed by atoms with Crippen molar-refractivity contribution in [3.8, 4) is 0 Å². The largest absolute Gasteiger partial charge is 0.478 e. The first-order chi connectivity index (χ1) is 8.88. The maximum Gasteiger partial charge on any atom is 0.333 e. The van der Waals surface area contributed by atoms with Crippen LogP contribution in [0.3, 0.4) is 0 Å². The number of hydrogen-bond acceptors (Lipinski definition) is 5. The summed E-state index contributed by atoms with van der Waals surface area (Å²) in [5.41, 5.74) is 5.48. The van der Waals surface area contributed by atoms with Crippen LogP contribution in [0.5, 0.6) is 0 Å². The minimum Gasteiger partial charge on any atom is -0.478 e. The molecule has 0 atom stereocenters. The van der Waals surface area contributed by atoms with Crippen LogP contribution in [0.2, 0.25) is 0 Å². The number of carboxylic acid groups (broad SMARTS) is 1. The standard InChI is InChI=1S/C7H13NO2.C6H11NO2/c1-3-8(4-2)6-5-7(9)10;1-5(2)6(8)9-4-3-7/h5-6H,3-4H2,1-2H3,(H,9,10);1,3-4,7H2,2H3. The highest BCUT2D eigenvalue weighted by atomic mass is 16.5. The first-order valence-corrected chi connectivity index (χ1v) is 6.06. The average Bonchev–Trinajstić information content (AvgIpc) is 2.37. The SMILES string of the molecule is C=C(C)C(=O)OCCN.CCN(C=CC(=O)O)CC. The minimum atomic E-state index is -0.896. The summed E-state index contributed by atoms with van der Waals surface area (Å²) in [6.45, 7) is 11.3. The third-order valence-electron chi connectivity index (χ3n) is 1.94. The van der Waals surface area contributed by atoms with Gasteiger partial charge in [-0.3, -0.25) is 0 Å². The van der Waals surface area contributed by atoms with E-state index in [1.807, 2.05) is 18.7 Å². The molecule has 0 spiro atoms. The topological polar surface area (TPSA) is 92.9 Å². The molecule has 0 amide bonds. The average molecular weight is 272 g/mol. The Morgan fingerprint density at radius 3 is 2.21 bits per heavy atom. The monoisotopic (exact) mass is 272 g/mol. The number of carboxylic acids is 1. The number of hydrogen-bond donors (Lipinski definition) is 2. The van der Waals surface area contributed by atoms with Crippen molar-refractivity contribution >= 4 is 11.9 Å². The Bertz CT molecular complexity index is 310. The highest BCUT2D eigenvalue weighted by Gasteiger charge is 1.99. The van der Waals surface area contributed by atoms with Crippen molar-refractivity contribution in [2.45, 2.75) is 20.8 Å². The third kappa shape index (κ3) is 14.1. The Morgan fingerprint density at radius 2 is 1.89 bits per heavy atom. The zero-order chi connectivity index (χ0) is 15.3. The van der Waals surface area contributed by atoms with Crippen LogP contribution in [0.25, 0.3) is 0 Å². The Labute approximate surface area is 114 Å². The smallest absolute Gasteiger partial charge is 0.333 e. The molecule has 0 aromatic heterocycles. The highest BCUT2D eigenvalue weighted by Crippen LogP contribution is 1.89. The van der Waals surface area contributed by atoms with Gasteiger partial charge in [0.05, 0.1) is 0 Å². The molecule has 0 unspecified atom stereocenters. The maximum absolute atomic E-state index is 10.5. The predicted molar refractivity (Wildman–Crippen MR) is 74.5 cm³/mol. The normalized spacial score (nSPS) is 9.47. The van der Waals surface area contributed by atoms with Crippen molar-refractivity contribution in [1.82, 2.24) is 4.90 Å². The van der Waals surface area contributed by atoms with Gasteiger partial charge in [-0.05, 0) is 20.8 Å². The second-order valence-electron chi connectivity index (χ2n) is 3.58. The number of carbonyl (C=O) groups is 2. The van der Waals surface area contributed by atoms with E-state index < -0.39 is 5.97 Å². The van der Waals surface area contributed by atoms with Crippen LogP contribution in [0.15, 0.2) is 24.4 Å². The fourth-order valence-corrected chi connectivity index (χ4v) is 0.878.